The van der Waals surface area contributed by atoms with E-state index in [9.17, 15) is 9.59 Å². The second-order valence-electron chi connectivity index (χ2n) is 6.26. The van der Waals surface area contributed by atoms with Gasteiger partial charge < -0.3 is 10.2 Å². The molecule has 1 aromatic rings. The van der Waals surface area contributed by atoms with Crippen molar-refractivity contribution in [2.75, 3.05) is 0 Å². The van der Waals surface area contributed by atoms with E-state index in [0.717, 1.165) is 12.8 Å². The lowest BCUT2D eigenvalue weighted by Crippen LogP contribution is -2.68. The zero-order chi connectivity index (χ0) is 15.2. The van der Waals surface area contributed by atoms with Crippen LogP contribution in [0.1, 0.15) is 39.4 Å². The fourth-order valence-electron chi connectivity index (χ4n) is 2.79. The summed E-state index contributed by atoms with van der Waals surface area (Å²) in [4.78, 5) is 31.0. The first-order valence-electron chi connectivity index (χ1n) is 7.44. The third-order valence-corrected chi connectivity index (χ3v) is 4.44. The van der Waals surface area contributed by atoms with Gasteiger partial charge in [0.15, 0.2) is 0 Å². The molecule has 1 saturated carbocycles. The summed E-state index contributed by atoms with van der Waals surface area (Å²) in [6, 6.07) is -0.372. The van der Waals surface area contributed by atoms with Gasteiger partial charge in [0.2, 0.25) is 11.8 Å². The van der Waals surface area contributed by atoms with Crippen LogP contribution in [0.25, 0.3) is 0 Å². The molecule has 7 heteroatoms. The van der Waals surface area contributed by atoms with Crippen LogP contribution in [0, 0.1) is 5.92 Å². The Labute approximate surface area is 123 Å². The molecule has 7 nitrogen and oxygen atoms in total. The Kier molecular flexibility index (Phi) is 3.22. The lowest BCUT2D eigenvalue weighted by molar-refractivity contribution is -0.157. The predicted molar refractivity (Wildman–Crippen MR) is 75.0 cm³/mol. The highest BCUT2D eigenvalue weighted by Gasteiger charge is 2.50. The average Bonchev–Trinajstić information content (AvgIpc) is 3.18. The van der Waals surface area contributed by atoms with E-state index < -0.39 is 5.54 Å². The third-order valence-electron chi connectivity index (χ3n) is 4.44. The molecule has 3 rings (SSSR count). The molecular formula is C14H21N5O2. The molecule has 1 N–H and O–H groups in total. The molecule has 1 unspecified atom stereocenters. The Morgan fingerprint density at radius 3 is 2.71 bits per heavy atom. The quantitative estimate of drug-likeness (QED) is 0.866. The summed E-state index contributed by atoms with van der Waals surface area (Å²) in [7, 11) is 0. The van der Waals surface area contributed by atoms with Crippen molar-refractivity contribution in [1.82, 2.24) is 25.0 Å². The van der Waals surface area contributed by atoms with E-state index in [4.69, 9.17) is 0 Å². The van der Waals surface area contributed by atoms with Crippen LogP contribution in [-0.2, 0) is 22.7 Å². The molecule has 0 spiro atoms. The number of amides is 2. The number of rotatable bonds is 4. The van der Waals surface area contributed by atoms with Gasteiger partial charge in [0.25, 0.3) is 0 Å². The number of aryl methyl sites for hydroxylation is 1. The number of carbonyl (C=O) groups excluding carboxylic acids is 2. The summed E-state index contributed by atoms with van der Waals surface area (Å²) < 4.78 is 1.75. The summed E-state index contributed by atoms with van der Waals surface area (Å²) in [5.41, 5.74) is -0.868. The highest BCUT2D eigenvalue weighted by atomic mass is 16.2. The number of nitrogens with one attached hydrogen (secondary N) is 1. The van der Waals surface area contributed by atoms with Crippen molar-refractivity contribution >= 4 is 11.8 Å². The van der Waals surface area contributed by atoms with Gasteiger partial charge in [-0.3, -0.25) is 9.59 Å². The fourth-order valence-corrected chi connectivity index (χ4v) is 2.79. The molecule has 1 aliphatic heterocycles. The van der Waals surface area contributed by atoms with Crippen molar-refractivity contribution in [3.8, 4) is 0 Å². The summed E-state index contributed by atoms with van der Waals surface area (Å²) in [6.45, 7) is 6.53. The Bertz CT molecular complexity index is 576. The maximum Gasteiger partial charge on any atom is 0.246 e. The van der Waals surface area contributed by atoms with Gasteiger partial charge in [-0.1, -0.05) is 0 Å². The Morgan fingerprint density at radius 2 is 2.10 bits per heavy atom. The standard InChI is InChI=1S/C14H21N5O2/c1-4-19-10(15-8-16-19)7-18-12(20)11(9-5-6-9)17-13(21)14(18,2)3/h8-9,11H,4-7H2,1-3H3,(H,17,21). The van der Waals surface area contributed by atoms with Gasteiger partial charge >= 0.3 is 0 Å². The molecular weight excluding hydrogens is 270 g/mol. The predicted octanol–water partition coefficient (Wildman–Crippen LogP) is 0.314. The number of hydrogen-bond acceptors (Lipinski definition) is 4. The molecule has 0 aromatic carbocycles. The van der Waals surface area contributed by atoms with Crippen molar-refractivity contribution in [3.63, 3.8) is 0 Å². The molecule has 1 saturated heterocycles. The van der Waals surface area contributed by atoms with Gasteiger partial charge in [-0.25, -0.2) is 9.67 Å². The van der Waals surface area contributed by atoms with Crippen LogP contribution < -0.4 is 5.32 Å². The summed E-state index contributed by atoms with van der Waals surface area (Å²) >= 11 is 0. The smallest absolute Gasteiger partial charge is 0.246 e. The van der Waals surface area contributed by atoms with Crippen LogP contribution >= 0.6 is 0 Å². The minimum Gasteiger partial charge on any atom is -0.342 e. The number of nitrogens with zero attached hydrogens (tertiary/aromatic N) is 4. The monoisotopic (exact) mass is 291 g/mol. The van der Waals surface area contributed by atoms with Crippen molar-refractivity contribution in [3.05, 3.63) is 12.2 Å². The lowest BCUT2D eigenvalue weighted by Gasteiger charge is -2.44. The van der Waals surface area contributed by atoms with E-state index in [-0.39, 0.29) is 17.9 Å². The van der Waals surface area contributed by atoms with Crippen LogP contribution in [0.15, 0.2) is 6.33 Å². The summed E-state index contributed by atoms with van der Waals surface area (Å²) in [5, 5.41) is 7.01. The lowest BCUT2D eigenvalue weighted by atomic mass is 9.94. The van der Waals surface area contributed by atoms with Crippen LogP contribution in [0.4, 0.5) is 0 Å². The highest BCUT2D eigenvalue weighted by Crippen LogP contribution is 2.37. The molecule has 21 heavy (non-hydrogen) atoms. The van der Waals surface area contributed by atoms with Gasteiger partial charge in [0, 0.05) is 6.54 Å². The first-order valence-corrected chi connectivity index (χ1v) is 7.44. The van der Waals surface area contributed by atoms with E-state index >= 15 is 0 Å². The van der Waals surface area contributed by atoms with E-state index in [1.54, 1.807) is 23.4 Å². The van der Waals surface area contributed by atoms with E-state index in [1.165, 1.54) is 6.33 Å². The minimum atomic E-state index is -0.868. The van der Waals surface area contributed by atoms with Crippen molar-refractivity contribution in [2.24, 2.45) is 5.92 Å². The largest absolute Gasteiger partial charge is 0.342 e. The molecule has 2 fully saturated rings. The molecule has 2 aliphatic rings. The van der Waals surface area contributed by atoms with Crippen molar-refractivity contribution in [1.29, 1.82) is 0 Å². The molecule has 2 amide bonds. The van der Waals surface area contributed by atoms with Gasteiger partial charge in [-0.2, -0.15) is 5.10 Å². The second-order valence-corrected chi connectivity index (χ2v) is 6.26. The van der Waals surface area contributed by atoms with E-state index in [0.29, 0.717) is 24.8 Å². The Hall–Kier alpha value is -1.92. The molecule has 1 aliphatic carbocycles. The highest BCUT2D eigenvalue weighted by molar-refractivity contribution is 5.99. The number of hydrogen-bond donors (Lipinski definition) is 1. The van der Waals surface area contributed by atoms with Crippen LogP contribution in [0.5, 0.6) is 0 Å². The normalized spacial score (nSPS) is 25.1. The summed E-state index contributed by atoms with van der Waals surface area (Å²) in [6.07, 6.45) is 3.50. The fraction of sp³-hybridized carbons (Fsp3) is 0.714. The minimum absolute atomic E-state index is 0.00671. The Morgan fingerprint density at radius 1 is 1.38 bits per heavy atom. The van der Waals surface area contributed by atoms with E-state index in [1.807, 2.05) is 6.92 Å². The van der Waals surface area contributed by atoms with Crippen LogP contribution in [0.2, 0.25) is 0 Å². The SMILES string of the molecule is CCn1ncnc1CN1C(=O)C(C2CC2)NC(=O)C1(C)C. The molecule has 0 bridgehead atoms. The van der Waals surface area contributed by atoms with Crippen molar-refractivity contribution in [2.45, 2.75) is 58.3 Å². The van der Waals surface area contributed by atoms with Crippen LogP contribution in [0.3, 0.4) is 0 Å². The number of aromatic nitrogens is 3. The Balaban J connectivity index is 1.88. The molecule has 2 heterocycles. The van der Waals surface area contributed by atoms with Crippen LogP contribution in [-0.4, -0.2) is 43.1 Å². The molecule has 1 aromatic heterocycles. The molecule has 0 radical (unpaired) electrons. The molecule has 114 valence electrons. The topological polar surface area (TPSA) is 80.1 Å². The first-order chi connectivity index (χ1) is 9.95. The maximum absolute atomic E-state index is 12.7. The maximum atomic E-state index is 12.7. The number of piperazine rings is 1. The van der Waals surface area contributed by atoms with Gasteiger partial charge in [-0.15, -0.1) is 0 Å². The van der Waals surface area contributed by atoms with Gasteiger partial charge in [0.05, 0.1) is 6.54 Å². The first kappa shape index (κ1) is 14.0. The number of carbonyl (C=O) groups is 2. The zero-order valence-electron chi connectivity index (χ0n) is 12.7. The van der Waals surface area contributed by atoms with Crippen molar-refractivity contribution < 1.29 is 9.59 Å². The average molecular weight is 291 g/mol. The van der Waals surface area contributed by atoms with Gasteiger partial charge in [-0.05, 0) is 39.5 Å². The van der Waals surface area contributed by atoms with E-state index in [2.05, 4.69) is 15.4 Å². The summed E-state index contributed by atoms with van der Waals surface area (Å²) in [5.74, 6) is 0.904. The zero-order valence-corrected chi connectivity index (χ0v) is 12.7. The third kappa shape index (κ3) is 2.30. The second kappa shape index (κ2) is 4.82. The molecule has 1 atom stereocenters. The van der Waals surface area contributed by atoms with Gasteiger partial charge in [0.1, 0.15) is 23.7 Å².